The summed E-state index contributed by atoms with van der Waals surface area (Å²) in [4.78, 5) is 162. The molecule has 7 amide bonds. The molecule has 0 unspecified atom stereocenters. The lowest BCUT2D eigenvalue weighted by Crippen LogP contribution is -2.61. The molecule has 56 heteroatoms. The van der Waals surface area contributed by atoms with Crippen molar-refractivity contribution in [2.45, 2.75) is 83.0 Å². The highest BCUT2D eigenvalue weighted by Gasteiger charge is 2.44. The molecule has 4 aliphatic rings. The van der Waals surface area contributed by atoms with E-state index in [4.69, 9.17) is 55.9 Å². The molecule has 0 saturated carbocycles. The lowest BCUT2D eigenvalue weighted by molar-refractivity contribution is -0.140. The number of pyridine rings is 4. The fourth-order valence-corrected chi connectivity index (χ4v) is 16.5. The normalized spacial score (nSPS) is 16.8. The van der Waals surface area contributed by atoms with Crippen LogP contribution in [0.25, 0.3) is 89.7 Å². The van der Waals surface area contributed by atoms with E-state index in [-0.39, 0.29) is 117 Å². The Morgan fingerprint density at radius 3 is 0.964 bits per heavy atom. The van der Waals surface area contributed by atoms with Gasteiger partial charge in [-0.25, -0.2) is 77.8 Å². The van der Waals surface area contributed by atoms with Gasteiger partial charge in [-0.3, -0.25) is 24.0 Å². The first-order chi connectivity index (χ1) is 66.2. The van der Waals surface area contributed by atoms with E-state index < -0.39 is 121 Å². The predicted molar refractivity (Wildman–Crippen MR) is 502 cm³/mol. The Morgan fingerprint density at radius 2 is 0.693 bits per heavy atom. The summed E-state index contributed by atoms with van der Waals surface area (Å²) in [7, 11) is -3.67. The second-order valence-corrected chi connectivity index (χ2v) is 35.9. The highest BCUT2D eigenvalue weighted by molar-refractivity contribution is 7.88. The lowest BCUT2D eigenvalue weighted by atomic mass is 10.1. The largest absolute Gasteiger partial charge is 0.449 e. The smallest absolute Gasteiger partial charge is 0.409 e. The molecule has 4 atom stereocenters. The Morgan fingerprint density at radius 1 is 0.421 bits per heavy atom. The van der Waals surface area contributed by atoms with Gasteiger partial charge in [0.15, 0.2) is 23.3 Å². The molecule has 12 aromatic rings. The summed E-state index contributed by atoms with van der Waals surface area (Å²) >= 11 is 24.3. The SMILES string of the molecule is CC(=O)N1CCN(c2ccnc(-c3c[nH]c4ncc(Cl)cc34)n2)[C@@H](C(=O)NCC(F)(F)F)C1.CC(C)COC(=O)N1CCN(c2ccnc(-c3c[nH]c4ncc(Cl)cc34)n2)[C@H](C(=O)NCC(F)(F)F)C1.CCCOC(=O)N1CCN(c2ccnc(-c3c[nH]c4ncc(Cl)cc34)n2)[C@H](C(=O)NCC(F)(F)F)C1.CS(=O)(=O)N1CCN(c2ccnc(-c3c[nH]c4ncc(Cl)cc34)n2)[C@@H](C(=O)NCC(F)(F)F)C1.[HH].[HH].[HH].[HH].[HH].[HH]. The van der Waals surface area contributed by atoms with Crippen molar-refractivity contribution in [2.75, 3.05) is 144 Å². The van der Waals surface area contributed by atoms with Crippen LogP contribution in [0.1, 0.15) is 42.7 Å². The quantitative estimate of drug-likeness (QED) is 0.0310. The van der Waals surface area contributed by atoms with Crippen LogP contribution in [-0.2, 0) is 43.5 Å². The van der Waals surface area contributed by atoms with Crippen LogP contribution in [-0.4, -0.2) is 322 Å². The number of hydrogen-bond acceptors (Lipinski definition) is 27. The number of rotatable bonds is 21. The highest BCUT2D eigenvalue weighted by Crippen LogP contribution is 2.36. The van der Waals surface area contributed by atoms with Crippen LogP contribution in [0.3, 0.4) is 0 Å². The molecule has 4 fully saturated rings. The van der Waals surface area contributed by atoms with Crippen molar-refractivity contribution in [2.24, 2.45) is 5.92 Å². The van der Waals surface area contributed by atoms with E-state index in [1.54, 1.807) is 82.0 Å². The summed E-state index contributed by atoms with van der Waals surface area (Å²) in [5, 5.41) is 12.0. The average molecular weight is 2080 g/mol. The molecule has 0 bridgehead atoms. The van der Waals surface area contributed by atoms with E-state index in [2.05, 4.69) is 79.7 Å². The third-order valence-corrected chi connectivity index (χ3v) is 23.7. The van der Waals surface area contributed by atoms with Crippen LogP contribution in [0.2, 0.25) is 20.1 Å². The Hall–Kier alpha value is -13.6. The van der Waals surface area contributed by atoms with Gasteiger partial charge in [0.25, 0.3) is 0 Å². The number of hydrogen-bond donors (Lipinski definition) is 8. The van der Waals surface area contributed by atoms with Crippen molar-refractivity contribution >= 4 is 166 Å². The van der Waals surface area contributed by atoms with Crippen molar-refractivity contribution < 1.29 is 113 Å². The summed E-state index contributed by atoms with van der Waals surface area (Å²) in [6.45, 7) is 1.84. The van der Waals surface area contributed by atoms with Gasteiger partial charge in [0.1, 0.15) is 96.2 Å². The van der Waals surface area contributed by atoms with Gasteiger partial charge in [0.05, 0.1) is 59.2 Å². The number of halogens is 16. The number of fused-ring (bicyclic) bond motifs is 4. The molecule has 0 aromatic carbocycles. The molecule has 140 heavy (non-hydrogen) atoms. The first kappa shape index (κ1) is 104. The zero-order chi connectivity index (χ0) is 101. The Labute approximate surface area is 815 Å². The maximum absolute atomic E-state index is 12.9. The minimum absolute atomic E-state index is 0. The number of piperazine rings is 4. The molecule has 0 radical (unpaired) electrons. The van der Waals surface area contributed by atoms with Crippen LogP contribution in [0.4, 0.5) is 85.5 Å². The van der Waals surface area contributed by atoms with Gasteiger partial charge in [-0.1, -0.05) is 67.2 Å². The van der Waals surface area contributed by atoms with Crippen molar-refractivity contribution in [1.29, 1.82) is 0 Å². The molecule has 0 aliphatic carbocycles. The number of amides is 7. The van der Waals surface area contributed by atoms with E-state index in [1.165, 1.54) is 82.2 Å². The van der Waals surface area contributed by atoms with Gasteiger partial charge >= 0.3 is 36.9 Å². The molecule has 4 saturated heterocycles. The molecule has 16 rings (SSSR count). The molecular formula is C84H98Cl4F12N28O11S. The summed E-state index contributed by atoms with van der Waals surface area (Å²) < 4.78 is 188. The van der Waals surface area contributed by atoms with E-state index in [0.717, 1.165) is 10.6 Å². The maximum Gasteiger partial charge on any atom is 0.409 e. The van der Waals surface area contributed by atoms with Crippen molar-refractivity contribution in [3.63, 3.8) is 0 Å². The topological polar surface area (TPSA) is 464 Å². The third-order valence-electron chi connectivity index (χ3n) is 21.6. The fourth-order valence-electron chi connectivity index (χ4n) is 15.1. The van der Waals surface area contributed by atoms with Crippen LogP contribution in [0.15, 0.2) is 123 Å². The first-order valence-electron chi connectivity index (χ1n) is 42.5. The zero-order valence-electron chi connectivity index (χ0n) is 74.3. The van der Waals surface area contributed by atoms with Crippen molar-refractivity contribution in [3.8, 4) is 45.6 Å². The first-order valence-corrected chi connectivity index (χ1v) is 45.9. The minimum Gasteiger partial charge on any atom is -0.449 e. The predicted octanol–water partition coefficient (Wildman–Crippen LogP) is 12.7. The molecule has 39 nitrogen and oxygen atoms in total. The van der Waals surface area contributed by atoms with Gasteiger partial charge in [-0.2, -0.15) is 57.0 Å². The molecule has 16 heterocycles. The minimum atomic E-state index is -4.61. The molecular weight excluding hydrogens is 1980 g/mol. The Balaban J connectivity index is 0.000000260. The van der Waals surface area contributed by atoms with Gasteiger partial charge in [0.2, 0.25) is 39.6 Å². The number of aromatic amines is 4. The second-order valence-electron chi connectivity index (χ2n) is 32.2. The van der Waals surface area contributed by atoms with E-state index in [1.807, 2.05) is 42.0 Å². The average Bonchev–Trinajstić information content (AvgIpc) is 1.40. The van der Waals surface area contributed by atoms with E-state index >= 15 is 0 Å². The summed E-state index contributed by atoms with van der Waals surface area (Å²) in [6, 6.07) is 8.45. The molecule has 4 aliphatic heterocycles. The van der Waals surface area contributed by atoms with Crippen LogP contribution < -0.4 is 40.9 Å². The second kappa shape index (κ2) is 44.3. The Kier molecular flexibility index (Phi) is 32.8. The Bertz CT molecular complexity index is 6660. The lowest BCUT2D eigenvalue weighted by Gasteiger charge is -2.40. The van der Waals surface area contributed by atoms with Gasteiger partial charge in [-0.15, -0.1) is 0 Å². The van der Waals surface area contributed by atoms with Crippen LogP contribution in [0.5, 0.6) is 0 Å². The molecule has 8 N–H and O–H groups in total. The summed E-state index contributed by atoms with van der Waals surface area (Å²) in [5.74, 6) is -1.30. The van der Waals surface area contributed by atoms with Crippen LogP contribution in [0, 0.1) is 5.92 Å². The number of carbonyl (C=O) groups excluding carboxylic acids is 7. The third kappa shape index (κ3) is 26.9. The van der Waals surface area contributed by atoms with Gasteiger partial charge in [-0.05, 0) is 60.9 Å². The highest BCUT2D eigenvalue weighted by atomic mass is 35.5. The van der Waals surface area contributed by atoms with Crippen molar-refractivity contribution in [1.82, 2.24) is 120 Å². The number of aromatic nitrogens is 16. The van der Waals surface area contributed by atoms with Crippen LogP contribution >= 0.6 is 46.4 Å². The van der Waals surface area contributed by atoms with E-state index in [9.17, 15) is 94.7 Å². The summed E-state index contributed by atoms with van der Waals surface area (Å²) in [6.07, 6.45) is 0.543. The molecule has 0 spiro atoms. The number of alkyl halides is 12. The number of H-pyrrole nitrogens is 4. The number of sulfonamides is 1. The molecule has 758 valence electrons. The number of nitrogens with one attached hydrogen (secondary N) is 8. The monoisotopic (exact) mass is 2070 g/mol. The number of ether oxygens (including phenoxy) is 2. The molecule has 12 aromatic heterocycles. The number of nitrogens with zero attached hydrogens (tertiary/aromatic N) is 20. The van der Waals surface area contributed by atoms with Crippen molar-refractivity contribution in [3.05, 3.63) is 143 Å². The zero-order valence-corrected chi connectivity index (χ0v) is 78.1. The number of carbonyl (C=O) groups is 7. The number of anilines is 4. The van der Waals surface area contributed by atoms with E-state index in [0.29, 0.717) is 134 Å². The summed E-state index contributed by atoms with van der Waals surface area (Å²) in [5.41, 5.74) is 4.73. The van der Waals surface area contributed by atoms with Gasteiger partial charge in [0, 0.05) is 193 Å². The standard InChI is InChI=1S/C23H25ClF3N7O3.C22H23ClF3N7O3.C20H19ClF3N7O2.C19H19ClF3N7O3S.6H2/c1-13(2)11-37-22(36)33-5-6-34(17(10-33)21(35)31-12-23(25,26)27)18-3-4-28-20(32-18)16-9-30-19-15(16)7-14(24)8-29-19;1-2-7-36-21(35)32-5-6-33(16(11-32)20(34)30-12-22(24,25)26)17-3-4-27-19(31-17)15-10-29-18-14(15)8-13(23)9-28-18;1-11(32)30-4-5-31(15(9-30)19(33)28-10-20(22,23)24)16-2-3-25-18(29-16)14-8-27-17-13(14)6-12(21)7-26-17;1-34(32,33)29-4-5-30(14(9-29)18(31)27-10-19(21,22)23)15-2-3-24-17(28-15)13-8-26-16-12(13)6-11(20)7-25-16;;;;;;/h3-4,7-9,13,17H,5-6,10-12H2,1-2H3,(H,29,30)(H,31,35);3-4,8-10,16H,2,5-7,11-12H2,1H3,(H,28,29)(H,30,34);2-3,6-8,15H,4-5,9-10H2,1H3,(H,26,27)(H,28,33);2-3,6-8,14H,4-5,9-10H2,1H3,(H,25,26)(H,27,31);6*1H/t17-;16-;15-;14-;;;;;;/m0011....../s1. The van der Waals surface area contributed by atoms with Gasteiger partial charge < -0.3 is 85.0 Å². The fraction of sp³-hybridized carbons (Fsp3) is 0.393. The maximum atomic E-state index is 12.9.